The van der Waals surface area contributed by atoms with Crippen molar-refractivity contribution < 1.29 is 22.4 Å². The molecule has 2 aromatic heterocycles. The Kier molecular flexibility index (Phi) is 3.32. The first-order valence-electron chi connectivity index (χ1n) is 5.33. The number of carbonyl (C=O) groups excluding carboxylic acids is 1. The van der Waals surface area contributed by atoms with Gasteiger partial charge in [-0.2, -0.15) is 13.2 Å². The number of halogens is 3. The third-order valence-electron chi connectivity index (χ3n) is 2.53. The highest BCUT2D eigenvalue weighted by atomic mass is 19.4. The number of rotatable bonds is 3. The number of nitrogens with one attached hydrogen (secondary N) is 2. The van der Waals surface area contributed by atoms with Gasteiger partial charge >= 0.3 is 6.18 Å². The Morgan fingerprint density at radius 2 is 2.26 bits per heavy atom. The van der Waals surface area contributed by atoms with Crippen molar-refractivity contribution in [3.05, 3.63) is 41.9 Å². The highest BCUT2D eigenvalue weighted by molar-refractivity contribution is 5.93. The van der Waals surface area contributed by atoms with E-state index in [0.29, 0.717) is 5.56 Å². The Bertz CT molecular complexity index is 560. The van der Waals surface area contributed by atoms with Gasteiger partial charge in [0.05, 0.1) is 24.9 Å². The second-order valence-electron chi connectivity index (χ2n) is 3.88. The molecule has 19 heavy (non-hydrogen) atoms. The molecule has 0 bridgehead atoms. The number of H-pyrrole nitrogens is 1. The minimum absolute atomic E-state index is 0.482. The number of nitrogens with zero attached hydrogens (tertiary/aromatic N) is 1. The van der Waals surface area contributed by atoms with Gasteiger partial charge in [0.25, 0.3) is 5.91 Å². The second-order valence-corrected chi connectivity index (χ2v) is 3.88. The van der Waals surface area contributed by atoms with Crippen molar-refractivity contribution in [1.82, 2.24) is 15.3 Å². The molecule has 1 atom stereocenters. The van der Waals surface area contributed by atoms with Gasteiger partial charge in [0.1, 0.15) is 0 Å². The van der Waals surface area contributed by atoms with Crippen LogP contribution < -0.4 is 5.32 Å². The van der Waals surface area contributed by atoms with E-state index in [-0.39, 0.29) is 0 Å². The summed E-state index contributed by atoms with van der Waals surface area (Å²) in [4.78, 5) is 17.1. The van der Waals surface area contributed by atoms with Crippen LogP contribution in [0.1, 0.15) is 34.7 Å². The summed E-state index contributed by atoms with van der Waals surface area (Å²) in [6.07, 6.45) is -1.00. The lowest BCUT2D eigenvalue weighted by Crippen LogP contribution is -2.28. The van der Waals surface area contributed by atoms with Crippen molar-refractivity contribution in [1.29, 1.82) is 0 Å². The zero-order valence-electron chi connectivity index (χ0n) is 9.78. The van der Waals surface area contributed by atoms with E-state index < -0.39 is 29.5 Å². The quantitative estimate of drug-likeness (QED) is 0.902. The topological polar surface area (TPSA) is 70.9 Å². The lowest BCUT2D eigenvalue weighted by molar-refractivity contribution is -0.141. The summed E-state index contributed by atoms with van der Waals surface area (Å²) in [5, 5.41) is 2.42. The van der Waals surface area contributed by atoms with E-state index in [1.165, 1.54) is 12.5 Å². The Morgan fingerprint density at radius 1 is 1.53 bits per heavy atom. The van der Waals surface area contributed by atoms with E-state index >= 15 is 0 Å². The minimum atomic E-state index is -4.65. The minimum Gasteiger partial charge on any atom is -0.472 e. The summed E-state index contributed by atoms with van der Waals surface area (Å²) in [6, 6.07) is 1.13. The maximum atomic E-state index is 12.6. The molecule has 0 saturated heterocycles. The molecule has 5 nitrogen and oxygen atoms in total. The highest BCUT2D eigenvalue weighted by Gasteiger charge is 2.38. The van der Waals surface area contributed by atoms with E-state index in [4.69, 9.17) is 4.42 Å². The van der Waals surface area contributed by atoms with Crippen LogP contribution in [0.5, 0.6) is 0 Å². The molecule has 2 aromatic rings. The van der Waals surface area contributed by atoms with E-state index in [1.807, 2.05) is 4.98 Å². The monoisotopic (exact) mass is 273 g/mol. The molecular formula is C11H10F3N3O2. The van der Waals surface area contributed by atoms with Gasteiger partial charge in [-0.15, -0.1) is 0 Å². The van der Waals surface area contributed by atoms with E-state index in [2.05, 4.69) is 10.3 Å². The number of amides is 1. The molecular weight excluding hydrogens is 263 g/mol. The number of hydrogen-bond acceptors (Lipinski definition) is 3. The van der Waals surface area contributed by atoms with E-state index in [0.717, 1.165) is 6.33 Å². The standard InChI is InChI=1S/C11H10F3N3O2/c1-6(7-2-3-19-4-7)17-10(18)8-9(11(12,13)14)16-5-15-8/h2-6H,1H3,(H,15,16)(H,17,18). The SMILES string of the molecule is CC(NC(=O)c1nc[nH]c1C(F)(F)F)c1ccoc1. The third kappa shape index (κ3) is 2.78. The van der Waals surface area contributed by atoms with Gasteiger partial charge in [0.15, 0.2) is 11.4 Å². The number of imidazole rings is 1. The van der Waals surface area contributed by atoms with Gasteiger partial charge in [-0.3, -0.25) is 4.79 Å². The Labute approximate surface area is 105 Å². The summed E-state index contributed by atoms with van der Waals surface area (Å²) >= 11 is 0. The third-order valence-corrected chi connectivity index (χ3v) is 2.53. The fourth-order valence-corrected chi connectivity index (χ4v) is 1.55. The Morgan fingerprint density at radius 3 is 2.84 bits per heavy atom. The molecule has 0 radical (unpaired) electrons. The molecule has 0 aliphatic carbocycles. The van der Waals surface area contributed by atoms with Crippen molar-refractivity contribution in [3.8, 4) is 0 Å². The molecule has 0 aliphatic rings. The van der Waals surface area contributed by atoms with Crippen LogP contribution in [0.3, 0.4) is 0 Å². The van der Waals surface area contributed by atoms with Crippen molar-refractivity contribution in [3.63, 3.8) is 0 Å². The van der Waals surface area contributed by atoms with Crippen molar-refractivity contribution >= 4 is 5.91 Å². The van der Waals surface area contributed by atoms with Crippen molar-refractivity contribution in [2.75, 3.05) is 0 Å². The first-order chi connectivity index (χ1) is 8.89. The van der Waals surface area contributed by atoms with Crippen LogP contribution in [0, 0.1) is 0 Å². The van der Waals surface area contributed by atoms with Crippen LogP contribution in [-0.2, 0) is 6.18 Å². The first-order valence-corrected chi connectivity index (χ1v) is 5.33. The van der Waals surface area contributed by atoms with Crippen LogP contribution in [0.4, 0.5) is 13.2 Å². The van der Waals surface area contributed by atoms with Crippen LogP contribution in [0.25, 0.3) is 0 Å². The van der Waals surface area contributed by atoms with E-state index in [9.17, 15) is 18.0 Å². The molecule has 2 heterocycles. The number of aromatic nitrogens is 2. The molecule has 102 valence electrons. The zero-order valence-corrected chi connectivity index (χ0v) is 9.78. The highest BCUT2D eigenvalue weighted by Crippen LogP contribution is 2.29. The van der Waals surface area contributed by atoms with Gasteiger partial charge in [-0.05, 0) is 13.0 Å². The maximum Gasteiger partial charge on any atom is 0.433 e. The van der Waals surface area contributed by atoms with E-state index in [1.54, 1.807) is 13.0 Å². The molecule has 0 saturated carbocycles. The predicted octanol–water partition coefficient (Wildman–Crippen LogP) is 2.51. The number of aromatic amines is 1. The van der Waals surface area contributed by atoms with Gasteiger partial charge in [0.2, 0.25) is 0 Å². The largest absolute Gasteiger partial charge is 0.472 e. The lowest BCUT2D eigenvalue weighted by atomic mass is 10.1. The Hall–Kier alpha value is -2.25. The molecule has 2 rings (SSSR count). The number of carbonyl (C=O) groups is 1. The van der Waals surface area contributed by atoms with Crippen LogP contribution >= 0.6 is 0 Å². The summed E-state index contributed by atoms with van der Waals surface area (Å²) in [5.74, 6) is -0.901. The Balaban J connectivity index is 2.15. The summed E-state index contributed by atoms with van der Waals surface area (Å²) < 4.78 is 42.6. The van der Waals surface area contributed by atoms with Crippen LogP contribution in [0.2, 0.25) is 0 Å². The molecule has 1 unspecified atom stereocenters. The molecule has 0 fully saturated rings. The van der Waals surface area contributed by atoms with Gasteiger partial charge in [-0.1, -0.05) is 0 Å². The number of alkyl halides is 3. The van der Waals surface area contributed by atoms with Gasteiger partial charge < -0.3 is 14.7 Å². The first kappa shape index (κ1) is 13.2. The summed E-state index contributed by atoms with van der Waals surface area (Å²) in [7, 11) is 0. The zero-order chi connectivity index (χ0) is 14.0. The molecule has 0 spiro atoms. The summed E-state index contributed by atoms with van der Waals surface area (Å²) in [5.41, 5.74) is -1.19. The molecule has 2 N–H and O–H groups in total. The van der Waals surface area contributed by atoms with Crippen molar-refractivity contribution in [2.24, 2.45) is 0 Å². The number of hydrogen-bond donors (Lipinski definition) is 2. The lowest BCUT2D eigenvalue weighted by Gasteiger charge is -2.12. The smallest absolute Gasteiger partial charge is 0.433 e. The molecule has 0 aliphatic heterocycles. The average Bonchev–Trinajstić information content (AvgIpc) is 2.99. The van der Waals surface area contributed by atoms with Crippen molar-refractivity contribution in [2.45, 2.75) is 19.1 Å². The fraction of sp³-hybridized carbons (Fsp3) is 0.273. The van der Waals surface area contributed by atoms with Crippen LogP contribution in [0.15, 0.2) is 29.3 Å². The van der Waals surface area contributed by atoms with Gasteiger partial charge in [0, 0.05) is 5.56 Å². The van der Waals surface area contributed by atoms with Crippen LogP contribution in [-0.4, -0.2) is 15.9 Å². The molecule has 1 amide bonds. The second kappa shape index (κ2) is 4.79. The number of furan rings is 1. The van der Waals surface area contributed by atoms with Gasteiger partial charge in [-0.25, -0.2) is 4.98 Å². The average molecular weight is 273 g/mol. The summed E-state index contributed by atoms with van der Waals surface area (Å²) in [6.45, 7) is 1.63. The molecule has 8 heteroatoms. The normalized spacial score (nSPS) is 13.3. The predicted molar refractivity (Wildman–Crippen MR) is 58.2 cm³/mol. The fourth-order valence-electron chi connectivity index (χ4n) is 1.55. The molecule has 0 aromatic carbocycles. The maximum absolute atomic E-state index is 12.6.